The largest absolute Gasteiger partial charge is 0.462 e. The van der Waals surface area contributed by atoms with Gasteiger partial charge in [0.2, 0.25) is 0 Å². The van der Waals surface area contributed by atoms with Gasteiger partial charge in [-0.1, -0.05) is 74.8 Å². The van der Waals surface area contributed by atoms with Crippen LogP contribution in [0.4, 0.5) is 0 Å². The second kappa shape index (κ2) is 9.02. The van der Waals surface area contributed by atoms with Crippen LogP contribution in [0.5, 0.6) is 6.01 Å². The molecule has 1 heterocycles. The molecule has 6 heteroatoms. The number of carbonyl (C=O) groups is 1. The van der Waals surface area contributed by atoms with E-state index in [4.69, 9.17) is 16.3 Å². The highest BCUT2D eigenvalue weighted by atomic mass is 35.5. The Kier molecular flexibility index (Phi) is 6.47. The second-order valence-corrected chi connectivity index (χ2v) is 7.43. The number of halogens is 1. The maximum atomic E-state index is 13.4. The molecule has 28 heavy (non-hydrogen) atoms. The van der Waals surface area contributed by atoms with Crippen molar-refractivity contribution in [3.63, 3.8) is 0 Å². The molecule has 3 rings (SSSR count). The van der Waals surface area contributed by atoms with Crippen LogP contribution >= 0.6 is 11.6 Å². The normalized spacial score (nSPS) is 12.2. The van der Waals surface area contributed by atoms with Gasteiger partial charge in [-0.05, 0) is 30.0 Å². The molecule has 1 atom stereocenters. The number of hydrogen-bond acceptors (Lipinski definition) is 4. The second-order valence-electron chi connectivity index (χ2n) is 7.02. The minimum atomic E-state index is -0.331. The van der Waals surface area contributed by atoms with E-state index in [9.17, 15) is 4.79 Å². The number of benzene rings is 2. The zero-order chi connectivity index (χ0) is 20.1. The van der Waals surface area contributed by atoms with Gasteiger partial charge in [-0.2, -0.15) is 9.67 Å². The fraction of sp³-hybridized carbons (Fsp3) is 0.318. The Bertz CT molecular complexity index is 938. The standard InChI is InChI=1S/C22H24ClN3O2/c1-4-17(16-10-6-5-7-11-16)21(27)26-20(18-12-8-9-13-19(18)23)24-22(25-26)28-14-15(2)3/h5-13,15,17H,4,14H2,1-3H3. The van der Waals surface area contributed by atoms with Gasteiger partial charge in [0, 0.05) is 5.56 Å². The summed E-state index contributed by atoms with van der Waals surface area (Å²) in [5, 5.41) is 4.88. The molecule has 5 nitrogen and oxygen atoms in total. The fourth-order valence-electron chi connectivity index (χ4n) is 2.95. The number of aromatic nitrogens is 3. The lowest BCUT2D eigenvalue weighted by atomic mass is 9.95. The first-order valence-electron chi connectivity index (χ1n) is 9.45. The third-order valence-electron chi connectivity index (χ3n) is 4.37. The molecule has 146 valence electrons. The van der Waals surface area contributed by atoms with E-state index in [-0.39, 0.29) is 17.8 Å². The van der Waals surface area contributed by atoms with E-state index < -0.39 is 0 Å². The van der Waals surface area contributed by atoms with Gasteiger partial charge in [-0.25, -0.2) is 0 Å². The van der Waals surface area contributed by atoms with E-state index in [1.165, 1.54) is 4.68 Å². The molecular formula is C22H24ClN3O2. The Morgan fingerprint density at radius 1 is 1.11 bits per heavy atom. The van der Waals surface area contributed by atoms with E-state index in [1.54, 1.807) is 6.07 Å². The summed E-state index contributed by atoms with van der Waals surface area (Å²) < 4.78 is 7.01. The summed E-state index contributed by atoms with van der Waals surface area (Å²) in [6, 6.07) is 17.2. The summed E-state index contributed by atoms with van der Waals surface area (Å²) in [4.78, 5) is 17.9. The first-order chi connectivity index (χ1) is 13.5. The van der Waals surface area contributed by atoms with E-state index in [0.29, 0.717) is 35.4 Å². The molecule has 3 aromatic rings. The Labute approximate surface area is 170 Å². The first kappa shape index (κ1) is 20.1. The predicted octanol–water partition coefficient (Wildman–Crippen LogP) is 5.47. The van der Waals surface area contributed by atoms with Gasteiger partial charge >= 0.3 is 6.01 Å². The van der Waals surface area contributed by atoms with Crippen LogP contribution in [0.2, 0.25) is 5.02 Å². The van der Waals surface area contributed by atoms with Crippen LogP contribution < -0.4 is 4.74 Å². The summed E-state index contributed by atoms with van der Waals surface area (Å²) >= 11 is 6.37. The van der Waals surface area contributed by atoms with Gasteiger partial charge in [0.1, 0.15) is 0 Å². The maximum absolute atomic E-state index is 13.4. The fourth-order valence-corrected chi connectivity index (χ4v) is 3.17. The monoisotopic (exact) mass is 397 g/mol. The molecule has 0 aliphatic rings. The molecule has 0 aliphatic heterocycles. The molecule has 1 aromatic heterocycles. The van der Waals surface area contributed by atoms with Crippen molar-refractivity contribution < 1.29 is 9.53 Å². The molecule has 0 radical (unpaired) electrons. The quantitative estimate of drug-likeness (QED) is 0.530. The average molecular weight is 398 g/mol. The Hall–Kier alpha value is -2.66. The SMILES string of the molecule is CCC(C(=O)n1nc(OCC(C)C)nc1-c1ccccc1Cl)c1ccccc1. The predicted molar refractivity (Wildman–Crippen MR) is 111 cm³/mol. The molecule has 0 spiro atoms. The molecule has 0 bridgehead atoms. The number of rotatable bonds is 7. The van der Waals surface area contributed by atoms with E-state index in [2.05, 4.69) is 10.1 Å². The van der Waals surface area contributed by atoms with Crippen LogP contribution in [0.3, 0.4) is 0 Å². The van der Waals surface area contributed by atoms with Crippen LogP contribution in [0.25, 0.3) is 11.4 Å². The Morgan fingerprint density at radius 3 is 2.43 bits per heavy atom. The number of ether oxygens (including phenoxy) is 1. The molecule has 0 aliphatic carbocycles. The lowest BCUT2D eigenvalue weighted by Crippen LogP contribution is -2.22. The van der Waals surface area contributed by atoms with Crippen LogP contribution in [0.15, 0.2) is 54.6 Å². The van der Waals surface area contributed by atoms with Gasteiger partial charge < -0.3 is 4.74 Å². The van der Waals surface area contributed by atoms with Gasteiger partial charge in [0.25, 0.3) is 5.91 Å². The van der Waals surface area contributed by atoms with Gasteiger partial charge in [-0.15, -0.1) is 5.10 Å². The maximum Gasteiger partial charge on any atom is 0.336 e. The van der Waals surface area contributed by atoms with Crippen LogP contribution in [0, 0.1) is 5.92 Å². The van der Waals surface area contributed by atoms with Crippen molar-refractivity contribution in [2.45, 2.75) is 33.1 Å². The average Bonchev–Trinajstić information content (AvgIpc) is 3.12. The third kappa shape index (κ3) is 4.42. The summed E-state index contributed by atoms with van der Waals surface area (Å²) in [6.07, 6.45) is 0.646. The van der Waals surface area contributed by atoms with Crippen molar-refractivity contribution in [3.8, 4) is 17.4 Å². The highest BCUT2D eigenvalue weighted by Gasteiger charge is 2.27. The minimum absolute atomic E-state index is 0.157. The molecule has 0 N–H and O–H groups in total. The summed E-state index contributed by atoms with van der Waals surface area (Å²) in [6.45, 7) is 6.53. The molecule has 0 saturated carbocycles. The minimum Gasteiger partial charge on any atom is -0.462 e. The van der Waals surface area contributed by atoms with Crippen LogP contribution in [-0.2, 0) is 0 Å². The van der Waals surface area contributed by atoms with E-state index in [0.717, 1.165) is 5.56 Å². The molecule has 0 saturated heterocycles. The van der Waals surface area contributed by atoms with Crippen molar-refractivity contribution in [2.24, 2.45) is 5.92 Å². The Morgan fingerprint density at radius 2 is 1.79 bits per heavy atom. The van der Waals surface area contributed by atoms with Gasteiger partial charge in [0.05, 0.1) is 17.5 Å². The smallest absolute Gasteiger partial charge is 0.336 e. The van der Waals surface area contributed by atoms with E-state index >= 15 is 0 Å². The van der Waals surface area contributed by atoms with Crippen molar-refractivity contribution in [2.75, 3.05) is 6.61 Å². The summed E-state index contributed by atoms with van der Waals surface area (Å²) in [5.41, 5.74) is 1.59. The van der Waals surface area contributed by atoms with Crippen LogP contribution in [0.1, 0.15) is 43.5 Å². The lowest BCUT2D eigenvalue weighted by Gasteiger charge is -2.15. The zero-order valence-electron chi connectivity index (χ0n) is 16.3. The number of carbonyl (C=O) groups excluding carboxylic acids is 1. The highest BCUT2D eigenvalue weighted by Crippen LogP contribution is 2.30. The summed E-state index contributed by atoms with van der Waals surface area (Å²) in [7, 11) is 0. The number of hydrogen-bond donors (Lipinski definition) is 0. The van der Waals surface area contributed by atoms with E-state index in [1.807, 2.05) is 69.3 Å². The Balaban J connectivity index is 2.05. The zero-order valence-corrected chi connectivity index (χ0v) is 17.1. The number of nitrogens with zero attached hydrogens (tertiary/aromatic N) is 3. The topological polar surface area (TPSA) is 57.0 Å². The van der Waals surface area contributed by atoms with Crippen molar-refractivity contribution in [3.05, 3.63) is 65.2 Å². The molecule has 2 aromatic carbocycles. The van der Waals surface area contributed by atoms with Crippen LogP contribution in [-0.4, -0.2) is 27.3 Å². The molecule has 0 fully saturated rings. The van der Waals surface area contributed by atoms with Crippen molar-refractivity contribution in [1.82, 2.24) is 14.8 Å². The van der Waals surface area contributed by atoms with Crippen molar-refractivity contribution >= 4 is 17.5 Å². The molecular weight excluding hydrogens is 374 g/mol. The highest BCUT2D eigenvalue weighted by molar-refractivity contribution is 6.33. The lowest BCUT2D eigenvalue weighted by molar-refractivity contribution is 0.0858. The van der Waals surface area contributed by atoms with Crippen molar-refractivity contribution in [1.29, 1.82) is 0 Å². The molecule has 1 unspecified atom stereocenters. The van der Waals surface area contributed by atoms with Gasteiger partial charge in [-0.3, -0.25) is 4.79 Å². The summed E-state index contributed by atoms with van der Waals surface area (Å²) in [5.74, 6) is 0.223. The third-order valence-corrected chi connectivity index (χ3v) is 4.69. The molecule has 0 amide bonds. The first-order valence-corrected chi connectivity index (χ1v) is 9.83. The van der Waals surface area contributed by atoms with Gasteiger partial charge in [0.15, 0.2) is 5.82 Å².